The highest BCUT2D eigenvalue weighted by Gasteiger charge is 2.42. The second-order valence-corrected chi connectivity index (χ2v) is 8.49. The second kappa shape index (κ2) is 7.38. The van der Waals surface area contributed by atoms with E-state index >= 15 is 0 Å². The second-order valence-electron chi connectivity index (χ2n) is 6.97. The Morgan fingerprint density at radius 3 is 2.20 bits per heavy atom. The number of ketones is 2. The van der Waals surface area contributed by atoms with Crippen molar-refractivity contribution in [2.45, 2.75) is 11.8 Å². The zero-order chi connectivity index (χ0) is 21.5. The van der Waals surface area contributed by atoms with Crippen LogP contribution in [0.25, 0.3) is 0 Å². The summed E-state index contributed by atoms with van der Waals surface area (Å²) in [6.07, 6.45) is 6.63. The van der Waals surface area contributed by atoms with Gasteiger partial charge in [0.25, 0.3) is 0 Å². The maximum atomic E-state index is 13.1. The number of nitrogens with one attached hydrogen (secondary N) is 1. The minimum absolute atomic E-state index is 0.00895. The zero-order valence-electron chi connectivity index (χ0n) is 15.9. The molecule has 0 saturated carbocycles. The first-order valence-electron chi connectivity index (χ1n) is 9.16. The molecule has 0 aromatic heterocycles. The number of amides is 1. The normalized spacial score (nSPS) is 19.8. The van der Waals surface area contributed by atoms with Crippen LogP contribution in [0.2, 0.25) is 0 Å². The van der Waals surface area contributed by atoms with Gasteiger partial charge in [-0.15, -0.1) is 0 Å². The minimum Gasteiger partial charge on any atom is -0.379 e. The number of hydrogen-bond donors (Lipinski definition) is 1. The van der Waals surface area contributed by atoms with E-state index in [-0.39, 0.29) is 33.5 Å². The number of allylic oxidation sites excluding steroid dienone is 4. The summed E-state index contributed by atoms with van der Waals surface area (Å²) in [5.41, 5.74) is 0.416. The molecular formula is C22H17NO6S. The number of carbonyl (C=O) groups is 3. The third-order valence-electron chi connectivity index (χ3n) is 4.93. The molecule has 4 rings (SSSR count). The van der Waals surface area contributed by atoms with Crippen molar-refractivity contribution in [2.24, 2.45) is 11.8 Å². The molecule has 0 unspecified atom stereocenters. The summed E-state index contributed by atoms with van der Waals surface area (Å²) in [5.74, 6) is -2.35. The smallest absolute Gasteiger partial charge is 0.339 e. The number of benzene rings is 2. The Morgan fingerprint density at radius 1 is 0.933 bits per heavy atom. The van der Waals surface area contributed by atoms with Gasteiger partial charge in [-0.2, -0.15) is 8.42 Å². The van der Waals surface area contributed by atoms with Gasteiger partial charge >= 0.3 is 10.1 Å². The van der Waals surface area contributed by atoms with Crippen molar-refractivity contribution in [3.63, 3.8) is 0 Å². The monoisotopic (exact) mass is 423 g/mol. The van der Waals surface area contributed by atoms with E-state index in [2.05, 4.69) is 5.32 Å². The molecule has 2 aliphatic carbocycles. The zero-order valence-corrected chi connectivity index (χ0v) is 16.7. The lowest BCUT2D eigenvalue weighted by atomic mass is 9.72. The Balaban J connectivity index is 1.71. The van der Waals surface area contributed by atoms with Gasteiger partial charge in [0.2, 0.25) is 5.91 Å². The van der Waals surface area contributed by atoms with Crippen molar-refractivity contribution in [3.8, 4) is 5.75 Å². The molecule has 0 fully saturated rings. The molecule has 1 amide bonds. The molecule has 8 heteroatoms. The molecular weight excluding hydrogens is 406 g/mol. The van der Waals surface area contributed by atoms with Crippen LogP contribution in [0.3, 0.4) is 0 Å². The molecule has 2 aliphatic rings. The van der Waals surface area contributed by atoms with E-state index in [1.807, 2.05) is 0 Å². The van der Waals surface area contributed by atoms with Crippen LogP contribution in [0.1, 0.15) is 27.6 Å². The van der Waals surface area contributed by atoms with Crippen LogP contribution in [0.15, 0.2) is 71.7 Å². The van der Waals surface area contributed by atoms with Crippen LogP contribution >= 0.6 is 0 Å². The van der Waals surface area contributed by atoms with Crippen LogP contribution in [-0.4, -0.2) is 25.9 Å². The van der Waals surface area contributed by atoms with Crippen LogP contribution in [-0.2, 0) is 14.9 Å². The summed E-state index contributed by atoms with van der Waals surface area (Å²) in [6.45, 7) is 1.35. The minimum atomic E-state index is -4.39. The van der Waals surface area contributed by atoms with E-state index in [0.717, 1.165) is 0 Å². The van der Waals surface area contributed by atoms with E-state index in [0.29, 0.717) is 5.69 Å². The van der Waals surface area contributed by atoms with Gasteiger partial charge in [0.15, 0.2) is 11.6 Å². The SMILES string of the molecule is CC(=O)Nc1ccc(OS(=O)(=O)c2cccc3c2C(=O)[C@@H]2C=CC=C[C@@H]2C3=O)cc1. The molecule has 0 aliphatic heterocycles. The van der Waals surface area contributed by atoms with Gasteiger partial charge in [-0.1, -0.05) is 36.4 Å². The van der Waals surface area contributed by atoms with E-state index in [9.17, 15) is 22.8 Å². The summed E-state index contributed by atoms with van der Waals surface area (Å²) in [7, 11) is -4.39. The van der Waals surface area contributed by atoms with E-state index in [4.69, 9.17) is 4.18 Å². The van der Waals surface area contributed by atoms with Crippen LogP contribution in [0, 0.1) is 11.8 Å². The molecule has 0 spiro atoms. The molecule has 0 heterocycles. The van der Waals surface area contributed by atoms with Crippen molar-refractivity contribution in [1.29, 1.82) is 0 Å². The molecule has 7 nitrogen and oxygen atoms in total. The maximum Gasteiger partial charge on any atom is 0.339 e. The Hall–Kier alpha value is -3.52. The summed E-state index contributed by atoms with van der Waals surface area (Å²) in [4.78, 5) is 36.7. The molecule has 152 valence electrons. The third-order valence-corrected chi connectivity index (χ3v) is 6.22. The molecule has 2 aromatic carbocycles. The Bertz CT molecular complexity index is 1220. The Kier molecular flexibility index (Phi) is 4.87. The first-order valence-corrected chi connectivity index (χ1v) is 10.6. The Morgan fingerprint density at radius 2 is 1.57 bits per heavy atom. The summed E-state index contributed by atoms with van der Waals surface area (Å²) in [5, 5.41) is 2.57. The van der Waals surface area contributed by atoms with Gasteiger partial charge in [-0.05, 0) is 30.3 Å². The number of anilines is 1. The summed E-state index contributed by atoms with van der Waals surface area (Å²) in [6, 6.07) is 9.89. The average Bonchev–Trinajstić information content (AvgIpc) is 2.72. The fourth-order valence-electron chi connectivity index (χ4n) is 3.62. The van der Waals surface area contributed by atoms with Crippen molar-refractivity contribution in [1.82, 2.24) is 0 Å². The number of rotatable bonds is 4. The number of hydrogen-bond acceptors (Lipinski definition) is 6. The predicted molar refractivity (Wildman–Crippen MR) is 109 cm³/mol. The van der Waals surface area contributed by atoms with Crippen LogP contribution < -0.4 is 9.50 Å². The lowest BCUT2D eigenvalue weighted by molar-refractivity contribution is -0.114. The molecule has 2 aromatic rings. The van der Waals surface area contributed by atoms with Gasteiger partial charge in [-0.3, -0.25) is 14.4 Å². The lowest BCUT2D eigenvalue weighted by Gasteiger charge is -2.29. The topological polar surface area (TPSA) is 107 Å². The fourth-order valence-corrected chi connectivity index (χ4v) is 4.78. The number of fused-ring (bicyclic) bond motifs is 2. The quantitative estimate of drug-likeness (QED) is 0.757. The first kappa shape index (κ1) is 19.8. The summed E-state index contributed by atoms with van der Waals surface area (Å²) >= 11 is 0. The van der Waals surface area contributed by atoms with Gasteiger partial charge in [0.1, 0.15) is 10.6 Å². The lowest BCUT2D eigenvalue weighted by Crippen LogP contribution is -2.36. The standard InChI is InChI=1S/C22H17NO6S/c1-13(24)23-14-9-11-15(12-10-14)29-30(27,28)19-8-4-7-18-20(19)22(26)17-6-3-2-5-16(17)21(18)25/h2-12,16-17H,1H3,(H,23,24)/t16-,17+/m0/s1. The number of Topliss-reactive ketones (excluding diaryl/α,β-unsaturated/α-hetero) is 2. The highest BCUT2D eigenvalue weighted by Crippen LogP contribution is 2.37. The van der Waals surface area contributed by atoms with Crippen molar-refractivity contribution >= 4 is 33.3 Å². The molecule has 0 bridgehead atoms. The first-order chi connectivity index (χ1) is 14.3. The molecule has 30 heavy (non-hydrogen) atoms. The van der Waals surface area contributed by atoms with E-state index in [1.165, 1.54) is 49.4 Å². The summed E-state index contributed by atoms with van der Waals surface area (Å²) < 4.78 is 31.1. The predicted octanol–water partition coefficient (Wildman–Crippen LogP) is 3.15. The molecule has 0 radical (unpaired) electrons. The molecule has 2 atom stereocenters. The highest BCUT2D eigenvalue weighted by atomic mass is 32.2. The van der Waals surface area contributed by atoms with Crippen molar-refractivity contribution in [3.05, 3.63) is 77.9 Å². The van der Waals surface area contributed by atoms with Gasteiger partial charge in [0.05, 0.1) is 17.4 Å². The van der Waals surface area contributed by atoms with Crippen molar-refractivity contribution < 1.29 is 27.0 Å². The van der Waals surface area contributed by atoms with Gasteiger partial charge < -0.3 is 9.50 Å². The fraction of sp³-hybridized carbons (Fsp3) is 0.136. The van der Waals surface area contributed by atoms with Crippen LogP contribution in [0.4, 0.5) is 5.69 Å². The van der Waals surface area contributed by atoms with Crippen LogP contribution in [0.5, 0.6) is 5.75 Å². The van der Waals surface area contributed by atoms with E-state index < -0.39 is 27.7 Å². The average molecular weight is 423 g/mol. The Labute approximate surface area is 173 Å². The highest BCUT2D eigenvalue weighted by molar-refractivity contribution is 7.87. The maximum absolute atomic E-state index is 13.1. The van der Waals surface area contributed by atoms with Crippen molar-refractivity contribution in [2.75, 3.05) is 5.32 Å². The molecule has 1 N–H and O–H groups in total. The number of carbonyl (C=O) groups excluding carboxylic acids is 3. The third kappa shape index (κ3) is 3.46. The molecule has 0 saturated heterocycles. The largest absolute Gasteiger partial charge is 0.379 e. The van der Waals surface area contributed by atoms with Gasteiger partial charge in [-0.25, -0.2) is 0 Å². The van der Waals surface area contributed by atoms with Gasteiger partial charge in [0, 0.05) is 18.2 Å². The van der Waals surface area contributed by atoms with E-state index in [1.54, 1.807) is 24.3 Å².